The summed E-state index contributed by atoms with van der Waals surface area (Å²) < 4.78 is 15.8. The standard InChI is InChI=1S/C15H18FN3/c16-14-10-13(9-12-3-5-17-6-4-12)1-2-15(14)19-8-7-18-11-19/h1-2,7-8,10-12,17H,3-6,9H2. The molecule has 0 unspecified atom stereocenters. The van der Waals surface area contributed by atoms with Crippen LogP contribution in [0.3, 0.4) is 0 Å². The van der Waals surface area contributed by atoms with Crippen LogP contribution in [0.1, 0.15) is 18.4 Å². The number of hydrogen-bond acceptors (Lipinski definition) is 2. The van der Waals surface area contributed by atoms with Gasteiger partial charge >= 0.3 is 0 Å². The largest absolute Gasteiger partial charge is 0.317 e. The fraction of sp³-hybridized carbons (Fsp3) is 0.400. The predicted molar refractivity (Wildman–Crippen MR) is 72.8 cm³/mol. The Kier molecular flexibility index (Phi) is 3.60. The number of nitrogens with one attached hydrogen (secondary N) is 1. The second-order valence-electron chi connectivity index (χ2n) is 5.15. The van der Waals surface area contributed by atoms with E-state index >= 15 is 0 Å². The minimum absolute atomic E-state index is 0.176. The summed E-state index contributed by atoms with van der Waals surface area (Å²) in [5.41, 5.74) is 1.65. The van der Waals surface area contributed by atoms with Crippen molar-refractivity contribution in [1.29, 1.82) is 0 Å². The Hall–Kier alpha value is -1.68. The van der Waals surface area contributed by atoms with Crippen molar-refractivity contribution in [2.45, 2.75) is 19.3 Å². The van der Waals surface area contributed by atoms with Crippen LogP contribution < -0.4 is 5.32 Å². The molecule has 1 fully saturated rings. The second kappa shape index (κ2) is 5.53. The van der Waals surface area contributed by atoms with Gasteiger partial charge in [-0.2, -0.15) is 0 Å². The highest BCUT2D eigenvalue weighted by Gasteiger charge is 2.14. The summed E-state index contributed by atoms with van der Waals surface area (Å²) in [6.45, 7) is 2.17. The highest BCUT2D eigenvalue weighted by atomic mass is 19.1. The number of aromatic nitrogens is 2. The predicted octanol–water partition coefficient (Wildman–Crippen LogP) is 2.55. The highest BCUT2D eigenvalue weighted by Crippen LogP contribution is 2.21. The zero-order valence-corrected chi connectivity index (χ0v) is 10.8. The van der Waals surface area contributed by atoms with Crippen LogP contribution in [0.4, 0.5) is 4.39 Å². The summed E-state index contributed by atoms with van der Waals surface area (Å²) in [6.07, 6.45) is 8.37. The first-order valence-electron chi connectivity index (χ1n) is 6.80. The third-order valence-electron chi connectivity index (χ3n) is 3.78. The summed E-state index contributed by atoms with van der Waals surface area (Å²) in [5.74, 6) is 0.504. The maximum absolute atomic E-state index is 14.1. The van der Waals surface area contributed by atoms with E-state index in [-0.39, 0.29) is 5.82 Å². The topological polar surface area (TPSA) is 29.9 Å². The van der Waals surface area contributed by atoms with Crippen molar-refractivity contribution in [3.8, 4) is 5.69 Å². The summed E-state index contributed by atoms with van der Waals surface area (Å²) in [5, 5.41) is 3.36. The molecule has 1 aliphatic heterocycles. The average Bonchev–Trinajstić information content (AvgIpc) is 2.94. The van der Waals surface area contributed by atoms with Gasteiger partial charge in [0.05, 0.1) is 12.0 Å². The van der Waals surface area contributed by atoms with E-state index in [1.165, 1.54) is 12.8 Å². The molecule has 1 aromatic carbocycles. The molecular formula is C15H18FN3. The first-order valence-corrected chi connectivity index (χ1v) is 6.80. The van der Waals surface area contributed by atoms with Crippen LogP contribution in [0, 0.1) is 11.7 Å². The number of piperidine rings is 1. The molecule has 0 aliphatic carbocycles. The Bertz CT molecular complexity index is 530. The average molecular weight is 259 g/mol. The van der Waals surface area contributed by atoms with Crippen LogP contribution in [0.15, 0.2) is 36.9 Å². The number of hydrogen-bond donors (Lipinski definition) is 1. The van der Waals surface area contributed by atoms with Gasteiger partial charge < -0.3 is 9.88 Å². The molecular weight excluding hydrogens is 241 g/mol. The Balaban J connectivity index is 1.75. The maximum Gasteiger partial charge on any atom is 0.147 e. The van der Waals surface area contributed by atoms with Gasteiger partial charge in [-0.3, -0.25) is 0 Å². The van der Waals surface area contributed by atoms with Gasteiger partial charge in [-0.25, -0.2) is 9.37 Å². The summed E-state index contributed by atoms with van der Waals surface area (Å²) in [6, 6.07) is 5.53. The van der Waals surface area contributed by atoms with Gasteiger partial charge in [0, 0.05) is 12.4 Å². The van der Waals surface area contributed by atoms with E-state index in [2.05, 4.69) is 10.3 Å². The monoisotopic (exact) mass is 259 g/mol. The molecule has 0 radical (unpaired) electrons. The van der Waals surface area contributed by atoms with E-state index in [1.807, 2.05) is 12.1 Å². The van der Waals surface area contributed by atoms with Gasteiger partial charge in [0.15, 0.2) is 0 Å². The molecule has 3 nitrogen and oxygen atoms in total. The lowest BCUT2D eigenvalue weighted by Crippen LogP contribution is -2.28. The molecule has 100 valence electrons. The molecule has 0 spiro atoms. The van der Waals surface area contributed by atoms with Crippen LogP contribution in [-0.4, -0.2) is 22.6 Å². The van der Waals surface area contributed by atoms with Gasteiger partial charge in [0.2, 0.25) is 0 Å². The van der Waals surface area contributed by atoms with Crippen molar-refractivity contribution in [2.24, 2.45) is 5.92 Å². The normalized spacial score (nSPS) is 16.7. The first kappa shape index (κ1) is 12.4. The third kappa shape index (κ3) is 2.84. The zero-order valence-electron chi connectivity index (χ0n) is 10.8. The summed E-state index contributed by atoms with van der Waals surface area (Å²) in [4.78, 5) is 3.95. The van der Waals surface area contributed by atoms with Crippen LogP contribution in [-0.2, 0) is 6.42 Å². The lowest BCUT2D eigenvalue weighted by Gasteiger charge is -2.22. The zero-order chi connectivity index (χ0) is 13.1. The molecule has 0 saturated carbocycles. The van der Waals surface area contributed by atoms with E-state index in [0.717, 1.165) is 25.1 Å². The van der Waals surface area contributed by atoms with E-state index in [1.54, 1.807) is 29.4 Å². The molecule has 1 N–H and O–H groups in total. The second-order valence-corrected chi connectivity index (χ2v) is 5.15. The number of rotatable bonds is 3. The number of benzene rings is 1. The molecule has 1 aliphatic rings. The maximum atomic E-state index is 14.1. The van der Waals surface area contributed by atoms with E-state index in [4.69, 9.17) is 0 Å². The third-order valence-corrected chi connectivity index (χ3v) is 3.78. The molecule has 19 heavy (non-hydrogen) atoms. The number of nitrogens with zero attached hydrogens (tertiary/aromatic N) is 2. The van der Waals surface area contributed by atoms with Gasteiger partial charge in [-0.05, 0) is 56.0 Å². The van der Waals surface area contributed by atoms with Crippen LogP contribution in [0.5, 0.6) is 0 Å². The molecule has 0 bridgehead atoms. The van der Waals surface area contributed by atoms with Crippen LogP contribution in [0.25, 0.3) is 5.69 Å². The Morgan fingerprint density at radius 1 is 1.32 bits per heavy atom. The fourth-order valence-electron chi connectivity index (χ4n) is 2.71. The van der Waals surface area contributed by atoms with Gasteiger partial charge in [0.25, 0.3) is 0 Å². The smallest absolute Gasteiger partial charge is 0.147 e. The van der Waals surface area contributed by atoms with Crippen molar-refractivity contribution in [3.05, 3.63) is 48.3 Å². The Morgan fingerprint density at radius 3 is 2.84 bits per heavy atom. The van der Waals surface area contributed by atoms with Crippen LogP contribution in [0.2, 0.25) is 0 Å². The minimum Gasteiger partial charge on any atom is -0.317 e. The molecule has 2 aromatic rings. The molecule has 0 amide bonds. The fourth-order valence-corrected chi connectivity index (χ4v) is 2.71. The van der Waals surface area contributed by atoms with E-state index in [9.17, 15) is 4.39 Å². The van der Waals surface area contributed by atoms with Crippen LogP contribution >= 0.6 is 0 Å². The van der Waals surface area contributed by atoms with Crippen molar-refractivity contribution < 1.29 is 4.39 Å². The summed E-state index contributed by atoms with van der Waals surface area (Å²) in [7, 11) is 0. The van der Waals surface area contributed by atoms with E-state index < -0.39 is 0 Å². The Labute approximate surface area is 112 Å². The quantitative estimate of drug-likeness (QED) is 0.918. The van der Waals surface area contributed by atoms with Crippen molar-refractivity contribution in [3.63, 3.8) is 0 Å². The molecule has 0 atom stereocenters. The minimum atomic E-state index is -0.176. The molecule has 2 heterocycles. The lowest BCUT2D eigenvalue weighted by atomic mass is 9.91. The van der Waals surface area contributed by atoms with Crippen molar-refractivity contribution in [1.82, 2.24) is 14.9 Å². The molecule has 1 saturated heterocycles. The van der Waals surface area contributed by atoms with Gasteiger partial charge in [-0.1, -0.05) is 6.07 Å². The number of halogens is 1. The first-order chi connectivity index (χ1) is 9.33. The molecule has 3 rings (SSSR count). The SMILES string of the molecule is Fc1cc(CC2CCNCC2)ccc1-n1ccnc1. The highest BCUT2D eigenvalue weighted by molar-refractivity contribution is 5.36. The molecule has 4 heteroatoms. The van der Waals surface area contributed by atoms with E-state index in [0.29, 0.717) is 11.6 Å². The lowest BCUT2D eigenvalue weighted by molar-refractivity contribution is 0.372. The van der Waals surface area contributed by atoms with Crippen molar-refractivity contribution in [2.75, 3.05) is 13.1 Å². The van der Waals surface area contributed by atoms with Gasteiger partial charge in [-0.15, -0.1) is 0 Å². The van der Waals surface area contributed by atoms with Crippen molar-refractivity contribution >= 4 is 0 Å². The summed E-state index contributed by atoms with van der Waals surface area (Å²) >= 11 is 0. The Morgan fingerprint density at radius 2 is 2.16 bits per heavy atom. The molecule has 1 aromatic heterocycles. The van der Waals surface area contributed by atoms with Gasteiger partial charge in [0.1, 0.15) is 5.82 Å². The number of imidazole rings is 1.